The Balaban J connectivity index is 1.75. The van der Waals surface area contributed by atoms with Gasteiger partial charge in [-0.25, -0.2) is 0 Å². The lowest BCUT2D eigenvalue weighted by atomic mass is 10.1. The number of nitrogens with zero attached hydrogens (tertiary/aromatic N) is 1. The van der Waals surface area contributed by atoms with Crippen molar-refractivity contribution < 1.29 is 9.59 Å². The number of amides is 2. The van der Waals surface area contributed by atoms with Crippen molar-refractivity contribution in [2.24, 2.45) is 0 Å². The van der Waals surface area contributed by atoms with Crippen LogP contribution in [0.25, 0.3) is 0 Å². The van der Waals surface area contributed by atoms with Crippen molar-refractivity contribution >= 4 is 17.5 Å². The van der Waals surface area contributed by atoms with Gasteiger partial charge in [-0.15, -0.1) is 0 Å². The van der Waals surface area contributed by atoms with Gasteiger partial charge in [-0.2, -0.15) is 0 Å². The molecule has 3 rings (SSSR count). The SMILES string of the molecule is CCc1ccc(C)c(NC(=O)C2CCC(=O)N2Cc2ccccc2)c1. The maximum absolute atomic E-state index is 12.8. The predicted octanol–water partition coefficient (Wildman–Crippen LogP) is 3.69. The van der Waals surface area contributed by atoms with Gasteiger partial charge in [-0.1, -0.05) is 49.4 Å². The Kier molecular flexibility index (Phi) is 5.17. The minimum absolute atomic E-state index is 0.0445. The number of carbonyl (C=O) groups excluding carboxylic acids is 2. The fourth-order valence-electron chi connectivity index (χ4n) is 3.22. The van der Waals surface area contributed by atoms with E-state index in [1.807, 2.05) is 49.4 Å². The van der Waals surface area contributed by atoms with Gasteiger partial charge in [0.1, 0.15) is 6.04 Å². The first-order chi connectivity index (χ1) is 12.1. The maximum atomic E-state index is 12.8. The molecule has 2 aromatic rings. The molecule has 0 saturated carbocycles. The molecule has 1 fully saturated rings. The molecule has 1 aliphatic heterocycles. The Morgan fingerprint density at radius 3 is 2.64 bits per heavy atom. The highest BCUT2D eigenvalue weighted by molar-refractivity contribution is 5.99. The van der Waals surface area contributed by atoms with Crippen molar-refractivity contribution in [2.45, 2.75) is 45.7 Å². The zero-order valence-corrected chi connectivity index (χ0v) is 14.8. The van der Waals surface area contributed by atoms with E-state index in [0.717, 1.165) is 23.2 Å². The minimum Gasteiger partial charge on any atom is -0.326 e. The number of aryl methyl sites for hydroxylation is 2. The molecular weight excluding hydrogens is 312 g/mol. The third-order valence-corrected chi connectivity index (χ3v) is 4.79. The maximum Gasteiger partial charge on any atom is 0.247 e. The molecule has 0 aromatic heterocycles. The lowest BCUT2D eigenvalue weighted by Gasteiger charge is -2.24. The van der Waals surface area contributed by atoms with Gasteiger partial charge in [-0.05, 0) is 42.5 Å². The molecule has 0 spiro atoms. The number of likely N-dealkylation sites (tertiary alicyclic amines) is 1. The van der Waals surface area contributed by atoms with E-state index in [4.69, 9.17) is 0 Å². The normalized spacial score (nSPS) is 17.0. The average molecular weight is 336 g/mol. The van der Waals surface area contributed by atoms with Crippen LogP contribution in [0, 0.1) is 6.92 Å². The zero-order chi connectivity index (χ0) is 17.8. The van der Waals surface area contributed by atoms with E-state index in [1.54, 1.807) is 4.90 Å². The summed E-state index contributed by atoms with van der Waals surface area (Å²) < 4.78 is 0. The van der Waals surface area contributed by atoms with Gasteiger partial charge in [0.2, 0.25) is 11.8 Å². The quantitative estimate of drug-likeness (QED) is 0.905. The molecule has 4 heteroatoms. The van der Waals surface area contributed by atoms with Crippen molar-refractivity contribution in [3.8, 4) is 0 Å². The van der Waals surface area contributed by atoms with Crippen LogP contribution >= 0.6 is 0 Å². The molecule has 1 N–H and O–H groups in total. The largest absolute Gasteiger partial charge is 0.326 e. The monoisotopic (exact) mass is 336 g/mol. The first-order valence-corrected chi connectivity index (χ1v) is 8.82. The number of hydrogen-bond acceptors (Lipinski definition) is 2. The molecule has 2 aromatic carbocycles. The fraction of sp³-hybridized carbons (Fsp3) is 0.333. The van der Waals surface area contributed by atoms with E-state index >= 15 is 0 Å². The van der Waals surface area contributed by atoms with Gasteiger partial charge in [0.15, 0.2) is 0 Å². The number of nitrogens with one attached hydrogen (secondary N) is 1. The molecule has 0 aliphatic carbocycles. The molecule has 0 bridgehead atoms. The van der Waals surface area contributed by atoms with E-state index in [2.05, 4.69) is 18.3 Å². The van der Waals surface area contributed by atoms with Gasteiger partial charge in [0.25, 0.3) is 0 Å². The summed E-state index contributed by atoms with van der Waals surface area (Å²) in [6.45, 7) is 4.55. The highest BCUT2D eigenvalue weighted by Crippen LogP contribution is 2.24. The second-order valence-corrected chi connectivity index (χ2v) is 6.55. The van der Waals surface area contributed by atoms with Crippen LogP contribution in [0.1, 0.15) is 36.5 Å². The van der Waals surface area contributed by atoms with Crippen LogP contribution in [-0.4, -0.2) is 22.8 Å². The van der Waals surface area contributed by atoms with Crippen LogP contribution in [0.5, 0.6) is 0 Å². The molecule has 1 saturated heterocycles. The van der Waals surface area contributed by atoms with Crippen molar-refractivity contribution in [3.63, 3.8) is 0 Å². The summed E-state index contributed by atoms with van der Waals surface area (Å²) in [5.74, 6) is -0.0545. The molecule has 0 radical (unpaired) electrons. The summed E-state index contributed by atoms with van der Waals surface area (Å²) in [5, 5.41) is 3.03. The second-order valence-electron chi connectivity index (χ2n) is 6.55. The highest BCUT2D eigenvalue weighted by atomic mass is 16.2. The minimum atomic E-state index is -0.405. The Hall–Kier alpha value is -2.62. The first-order valence-electron chi connectivity index (χ1n) is 8.82. The smallest absolute Gasteiger partial charge is 0.247 e. The standard InChI is InChI=1S/C21H24N2O2/c1-3-16-10-9-15(2)18(13-16)22-21(25)19-11-12-20(24)23(19)14-17-7-5-4-6-8-17/h4-10,13,19H,3,11-12,14H2,1-2H3,(H,22,25). The Morgan fingerprint density at radius 1 is 1.16 bits per heavy atom. The zero-order valence-electron chi connectivity index (χ0n) is 14.8. The van der Waals surface area contributed by atoms with Gasteiger partial charge < -0.3 is 10.2 Å². The van der Waals surface area contributed by atoms with Gasteiger partial charge >= 0.3 is 0 Å². The molecular formula is C21H24N2O2. The van der Waals surface area contributed by atoms with Crippen molar-refractivity contribution in [1.29, 1.82) is 0 Å². The second kappa shape index (κ2) is 7.51. The number of rotatable bonds is 5. The van der Waals surface area contributed by atoms with Crippen LogP contribution in [-0.2, 0) is 22.6 Å². The fourth-order valence-corrected chi connectivity index (χ4v) is 3.22. The number of anilines is 1. The molecule has 1 unspecified atom stereocenters. The summed E-state index contributed by atoms with van der Waals surface area (Å²) in [6, 6.07) is 15.5. The molecule has 130 valence electrons. The molecule has 4 nitrogen and oxygen atoms in total. The van der Waals surface area contributed by atoms with Crippen molar-refractivity contribution in [1.82, 2.24) is 4.90 Å². The van der Waals surface area contributed by atoms with Crippen LogP contribution in [0.2, 0.25) is 0 Å². The first kappa shape index (κ1) is 17.2. The summed E-state index contributed by atoms with van der Waals surface area (Å²) in [4.78, 5) is 26.8. The van der Waals surface area contributed by atoms with Crippen molar-refractivity contribution in [3.05, 3.63) is 65.2 Å². The lowest BCUT2D eigenvalue weighted by molar-refractivity contribution is -0.133. The molecule has 1 atom stereocenters. The van der Waals surface area contributed by atoms with Crippen LogP contribution in [0.3, 0.4) is 0 Å². The van der Waals surface area contributed by atoms with E-state index in [0.29, 0.717) is 19.4 Å². The summed E-state index contributed by atoms with van der Waals surface area (Å²) in [5.41, 5.74) is 4.09. The van der Waals surface area contributed by atoms with Crippen molar-refractivity contribution in [2.75, 3.05) is 5.32 Å². The Labute approximate surface area is 148 Å². The molecule has 2 amide bonds. The van der Waals surface area contributed by atoms with Gasteiger partial charge in [0.05, 0.1) is 0 Å². The highest BCUT2D eigenvalue weighted by Gasteiger charge is 2.36. The predicted molar refractivity (Wildman–Crippen MR) is 99.2 cm³/mol. The van der Waals surface area contributed by atoms with Crippen LogP contribution in [0.15, 0.2) is 48.5 Å². The van der Waals surface area contributed by atoms with E-state index in [-0.39, 0.29) is 11.8 Å². The Morgan fingerprint density at radius 2 is 1.92 bits per heavy atom. The van der Waals surface area contributed by atoms with E-state index < -0.39 is 6.04 Å². The summed E-state index contributed by atoms with van der Waals surface area (Å²) in [7, 11) is 0. The molecule has 1 heterocycles. The number of hydrogen-bond donors (Lipinski definition) is 1. The third kappa shape index (κ3) is 3.90. The van der Waals surface area contributed by atoms with E-state index in [1.165, 1.54) is 5.56 Å². The number of carbonyl (C=O) groups is 2. The topological polar surface area (TPSA) is 49.4 Å². The Bertz CT molecular complexity index is 771. The van der Waals surface area contributed by atoms with Gasteiger partial charge in [-0.3, -0.25) is 9.59 Å². The lowest BCUT2D eigenvalue weighted by Crippen LogP contribution is -2.41. The third-order valence-electron chi connectivity index (χ3n) is 4.79. The summed E-state index contributed by atoms with van der Waals surface area (Å²) in [6.07, 6.45) is 1.92. The molecule has 25 heavy (non-hydrogen) atoms. The van der Waals surface area contributed by atoms with Gasteiger partial charge in [0, 0.05) is 18.7 Å². The summed E-state index contributed by atoms with van der Waals surface area (Å²) >= 11 is 0. The van der Waals surface area contributed by atoms with Crippen LogP contribution in [0.4, 0.5) is 5.69 Å². The van der Waals surface area contributed by atoms with E-state index in [9.17, 15) is 9.59 Å². The molecule has 1 aliphatic rings. The van der Waals surface area contributed by atoms with Crippen LogP contribution < -0.4 is 5.32 Å². The average Bonchev–Trinajstić information content (AvgIpc) is 2.98. The number of benzene rings is 2.